The summed E-state index contributed by atoms with van der Waals surface area (Å²) in [6.07, 6.45) is 3.18. The summed E-state index contributed by atoms with van der Waals surface area (Å²) >= 11 is 0. The zero-order valence-electron chi connectivity index (χ0n) is 13.2. The lowest BCUT2D eigenvalue weighted by Crippen LogP contribution is -2.29. The number of rotatable bonds is 8. The van der Waals surface area contributed by atoms with Gasteiger partial charge in [0.05, 0.1) is 0 Å². The molecule has 0 spiro atoms. The second-order valence-corrected chi connectivity index (χ2v) is 5.75. The van der Waals surface area contributed by atoms with Gasteiger partial charge in [0.15, 0.2) is 6.61 Å². The molecule has 0 saturated heterocycles. The topological polar surface area (TPSA) is 38.3 Å². The van der Waals surface area contributed by atoms with Crippen molar-refractivity contribution < 1.29 is 9.53 Å². The fourth-order valence-corrected chi connectivity index (χ4v) is 1.81. The highest BCUT2D eigenvalue weighted by atomic mass is 16.5. The molecule has 0 aliphatic carbocycles. The smallest absolute Gasteiger partial charge is 0.257 e. The van der Waals surface area contributed by atoms with E-state index in [4.69, 9.17) is 4.74 Å². The highest BCUT2D eigenvalue weighted by Crippen LogP contribution is 2.27. The van der Waals surface area contributed by atoms with E-state index in [1.165, 1.54) is 5.56 Å². The lowest BCUT2D eigenvalue weighted by molar-refractivity contribution is -0.123. The van der Waals surface area contributed by atoms with E-state index in [-0.39, 0.29) is 17.9 Å². The van der Waals surface area contributed by atoms with Crippen LogP contribution in [0.4, 0.5) is 0 Å². The molecule has 0 saturated carbocycles. The van der Waals surface area contributed by atoms with Crippen molar-refractivity contribution in [2.75, 3.05) is 13.2 Å². The minimum atomic E-state index is -0.0589. The molecule has 1 rings (SSSR count). The number of carbonyl (C=O) groups excluding carboxylic acids is 1. The Hall–Kier alpha value is -1.51. The van der Waals surface area contributed by atoms with Crippen molar-refractivity contribution in [3.63, 3.8) is 0 Å². The summed E-state index contributed by atoms with van der Waals surface area (Å²) < 4.78 is 5.49. The molecule has 20 heavy (non-hydrogen) atoms. The summed E-state index contributed by atoms with van der Waals surface area (Å²) in [5.74, 6) is 0.683. The average Bonchev–Trinajstić information content (AvgIpc) is 2.46. The van der Waals surface area contributed by atoms with Crippen LogP contribution in [0.25, 0.3) is 0 Å². The van der Waals surface area contributed by atoms with Gasteiger partial charge in [0.2, 0.25) is 0 Å². The zero-order valence-corrected chi connectivity index (χ0v) is 13.2. The highest BCUT2D eigenvalue weighted by molar-refractivity contribution is 5.77. The van der Waals surface area contributed by atoms with Crippen molar-refractivity contribution in [1.82, 2.24) is 5.32 Å². The van der Waals surface area contributed by atoms with Gasteiger partial charge >= 0.3 is 0 Å². The zero-order chi connectivity index (χ0) is 15.0. The van der Waals surface area contributed by atoms with Crippen LogP contribution in [0.1, 0.15) is 52.5 Å². The van der Waals surface area contributed by atoms with Gasteiger partial charge in [-0.2, -0.15) is 0 Å². The van der Waals surface area contributed by atoms with E-state index >= 15 is 0 Å². The van der Waals surface area contributed by atoms with E-state index in [0.717, 1.165) is 31.6 Å². The third kappa shape index (κ3) is 5.24. The maximum Gasteiger partial charge on any atom is 0.257 e. The van der Waals surface area contributed by atoms with E-state index in [1.807, 2.05) is 12.1 Å². The second kappa shape index (κ2) is 7.93. The molecule has 1 aromatic rings. The first-order chi connectivity index (χ1) is 9.49. The van der Waals surface area contributed by atoms with Crippen molar-refractivity contribution in [3.8, 4) is 5.75 Å². The fraction of sp³-hybridized carbons (Fsp3) is 0.588. The summed E-state index contributed by atoms with van der Waals surface area (Å²) in [4.78, 5) is 11.5. The largest absolute Gasteiger partial charge is 0.484 e. The van der Waals surface area contributed by atoms with Gasteiger partial charge in [0.1, 0.15) is 5.75 Å². The monoisotopic (exact) mass is 277 g/mol. The summed E-state index contributed by atoms with van der Waals surface area (Å²) in [5, 5.41) is 2.83. The second-order valence-electron chi connectivity index (χ2n) is 5.75. The van der Waals surface area contributed by atoms with Gasteiger partial charge in [0.25, 0.3) is 5.91 Å². The molecule has 0 aliphatic rings. The van der Waals surface area contributed by atoms with Gasteiger partial charge in [-0.05, 0) is 36.0 Å². The molecule has 112 valence electrons. The molecular weight excluding hydrogens is 250 g/mol. The number of ether oxygens (including phenoxy) is 1. The van der Waals surface area contributed by atoms with Crippen LogP contribution in [0.2, 0.25) is 0 Å². The Bertz CT molecular complexity index is 410. The third-order valence-electron chi connectivity index (χ3n) is 3.74. The number of carbonyl (C=O) groups is 1. The first-order valence-corrected chi connectivity index (χ1v) is 7.49. The number of amides is 1. The maximum absolute atomic E-state index is 11.5. The van der Waals surface area contributed by atoms with Gasteiger partial charge in [-0.15, -0.1) is 0 Å². The number of benzene rings is 1. The first kappa shape index (κ1) is 16.5. The number of nitrogens with one attached hydrogen (secondary N) is 1. The summed E-state index contributed by atoms with van der Waals surface area (Å²) in [6, 6.07) is 8.03. The van der Waals surface area contributed by atoms with Gasteiger partial charge in [0, 0.05) is 6.54 Å². The number of hydrogen-bond donors (Lipinski definition) is 1. The molecular formula is C17H27NO2. The van der Waals surface area contributed by atoms with Crippen LogP contribution >= 0.6 is 0 Å². The van der Waals surface area contributed by atoms with Crippen molar-refractivity contribution in [2.24, 2.45) is 0 Å². The van der Waals surface area contributed by atoms with E-state index in [2.05, 4.69) is 45.1 Å². The average molecular weight is 277 g/mol. The Morgan fingerprint density at radius 1 is 1.20 bits per heavy atom. The summed E-state index contributed by atoms with van der Waals surface area (Å²) in [7, 11) is 0. The number of hydrogen-bond acceptors (Lipinski definition) is 2. The SMILES string of the molecule is CCCCNC(=O)COc1ccc(C(C)(C)CC)cc1. The summed E-state index contributed by atoms with van der Waals surface area (Å²) in [5.41, 5.74) is 1.47. The van der Waals surface area contributed by atoms with E-state index in [9.17, 15) is 4.79 Å². The predicted molar refractivity (Wildman–Crippen MR) is 83.2 cm³/mol. The molecule has 1 aromatic carbocycles. The van der Waals surface area contributed by atoms with Crippen LogP contribution < -0.4 is 10.1 Å². The first-order valence-electron chi connectivity index (χ1n) is 7.49. The molecule has 0 aromatic heterocycles. The molecule has 0 unspecified atom stereocenters. The minimum Gasteiger partial charge on any atom is -0.484 e. The van der Waals surface area contributed by atoms with Crippen LogP contribution in [0.5, 0.6) is 5.75 Å². The Labute approximate surface area is 122 Å². The van der Waals surface area contributed by atoms with Crippen molar-refractivity contribution in [1.29, 1.82) is 0 Å². The normalized spacial score (nSPS) is 11.2. The van der Waals surface area contributed by atoms with E-state index < -0.39 is 0 Å². The Morgan fingerprint density at radius 2 is 1.85 bits per heavy atom. The fourth-order valence-electron chi connectivity index (χ4n) is 1.81. The molecule has 0 aliphatic heterocycles. The number of unbranched alkanes of at least 4 members (excludes halogenated alkanes) is 1. The maximum atomic E-state index is 11.5. The Balaban J connectivity index is 2.44. The lowest BCUT2D eigenvalue weighted by atomic mass is 9.82. The molecule has 0 radical (unpaired) electrons. The van der Waals surface area contributed by atoms with Crippen LogP contribution in [0.3, 0.4) is 0 Å². The van der Waals surface area contributed by atoms with Gasteiger partial charge in [-0.1, -0.05) is 46.2 Å². The van der Waals surface area contributed by atoms with E-state index in [0.29, 0.717) is 0 Å². The third-order valence-corrected chi connectivity index (χ3v) is 3.74. The summed E-state index contributed by atoms with van der Waals surface area (Å²) in [6.45, 7) is 9.55. The minimum absolute atomic E-state index is 0.0589. The molecule has 3 nitrogen and oxygen atoms in total. The van der Waals surface area contributed by atoms with Gasteiger partial charge in [-0.25, -0.2) is 0 Å². The van der Waals surface area contributed by atoms with Gasteiger partial charge < -0.3 is 10.1 Å². The van der Waals surface area contributed by atoms with E-state index in [1.54, 1.807) is 0 Å². The molecule has 0 atom stereocenters. The van der Waals surface area contributed by atoms with Crippen LogP contribution in [0, 0.1) is 0 Å². The quantitative estimate of drug-likeness (QED) is 0.736. The molecule has 3 heteroatoms. The van der Waals surface area contributed by atoms with Crippen LogP contribution in [-0.2, 0) is 10.2 Å². The molecule has 1 N–H and O–H groups in total. The van der Waals surface area contributed by atoms with Gasteiger partial charge in [-0.3, -0.25) is 4.79 Å². The van der Waals surface area contributed by atoms with Crippen LogP contribution in [0.15, 0.2) is 24.3 Å². The van der Waals surface area contributed by atoms with Crippen molar-refractivity contribution >= 4 is 5.91 Å². The van der Waals surface area contributed by atoms with Crippen LogP contribution in [-0.4, -0.2) is 19.1 Å². The van der Waals surface area contributed by atoms with Crippen molar-refractivity contribution in [3.05, 3.63) is 29.8 Å². The molecule has 0 heterocycles. The Kier molecular flexibility index (Phi) is 6.56. The lowest BCUT2D eigenvalue weighted by Gasteiger charge is -2.23. The highest BCUT2D eigenvalue weighted by Gasteiger charge is 2.17. The predicted octanol–water partition coefficient (Wildman–Crippen LogP) is 3.67. The molecule has 0 bridgehead atoms. The molecule has 0 fully saturated rings. The molecule has 1 amide bonds. The Morgan fingerprint density at radius 3 is 2.40 bits per heavy atom. The standard InChI is InChI=1S/C17H27NO2/c1-5-7-12-18-16(19)13-20-15-10-8-14(9-11-15)17(3,4)6-2/h8-11H,5-7,12-13H2,1-4H3,(H,18,19). The van der Waals surface area contributed by atoms with Crippen molar-refractivity contribution in [2.45, 2.75) is 52.4 Å².